The molecule has 1 atom stereocenters. The molecule has 0 amide bonds. The van der Waals surface area contributed by atoms with Crippen LogP contribution in [0.2, 0.25) is 0 Å². The van der Waals surface area contributed by atoms with Gasteiger partial charge < -0.3 is 0 Å². The summed E-state index contributed by atoms with van der Waals surface area (Å²) in [6.07, 6.45) is 1.16. The molecule has 0 spiro atoms. The van der Waals surface area contributed by atoms with Gasteiger partial charge in [-0.05, 0) is 5.26 Å². The van der Waals surface area contributed by atoms with Crippen molar-refractivity contribution < 1.29 is 13.8 Å². The van der Waals surface area contributed by atoms with E-state index in [-0.39, 0.29) is 0 Å². The van der Waals surface area contributed by atoms with E-state index in [2.05, 4.69) is 4.33 Å². The molecule has 3 nitrogen and oxygen atoms in total. The first kappa shape index (κ1) is 5.07. The predicted octanol–water partition coefficient (Wildman–Crippen LogP) is -0.358. The molecule has 31 valence electrons. The molecule has 0 heterocycles. The van der Waals surface area contributed by atoms with Crippen molar-refractivity contribution in [3.05, 3.63) is 0 Å². The maximum Gasteiger partial charge on any atom is 0.187 e. The Balaban J connectivity index is 2.85. The summed E-state index contributed by atoms with van der Waals surface area (Å²) in [5.41, 5.74) is 0. The molecular formula is CH3O3S. The Morgan fingerprint density at radius 3 is 2.00 bits per heavy atom. The van der Waals surface area contributed by atoms with Crippen LogP contribution >= 0.6 is 0 Å². The monoisotopic (exact) mass is 95.0 g/mol. The molecule has 0 aromatic carbocycles. The second-order valence-electron chi connectivity index (χ2n) is 0.469. The van der Waals surface area contributed by atoms with Crippen molar-refractivity contribution in [1.82, 2.24) is 0 Å². The summed E-state index contributed by atoms with van der Waals surface area (Å²) in [7, 11) is 0. The van der Waals surface area contributed by atoms with Gasteiger partial charge in [0.25, 0.3) is 0 Å². The van der Waals surface area contributed by atoms with E-state index >= 15 is 0 Å². The van der Waals surface area contributed by atoms with Crippen LogP contribution in [0.15, 0.2) is 0 Å². The van der Waals surface area contributed by atoms with Crippen molar-refractivity contribution in [2.45, 2.75) is 0 Å². The van der Waals surface area contributed by atoms with E-state index in [1.807, 2.05) is 0 Å². The van der Waals surface area contributed by atoms with Crippen LogP contribution in [0.4, 0.5) is 0 Å². The van der Waals surface area contributed by atoms with Crippen molar-refractivity contribution >= 4 is 11.1 Å². The van der Waals surface area contributed by atoms with Gasteiger partial charge >= 0.3 is 0 Å². The standard InChI is InChI=1S/CH3O3S/c1-5(3)4-2/h1H3. The molecule has 0 rings (SSSR count). The Morgan fingerprint density at radius 2 is 2.00 bits per heavy atom. The largest absolute Gasteiger partial charge is 0.227 e. The summed E-state index contributed by atoms with van der Waals surface area (Å²) in [6.45, 7) is 0. The van der Waals surface area contributed by atoms with Crippen LogP contribution in [0.25, 0.3) is 0 Å². The lowest BCUT2D eigenvalue weighted by Crippen LogP contribution is -1.82. The predicted molar refractivity (Wildman–Crippen MR) is 15.8 cm³/mol. The van der Waals surface area contributed by atoms with Crippen molar-refractivity contribution in [2.75, 3.05) is 6.26 Å². The summed E-state index contributed by atoms with van der Waals surface area (Å²) in [4.78, 5) is 0. The van der Waals surface area contributed by atoms with Gasteiger partial charge in [-0.3, -0.25) is 0 Å². The van der Waals surface area contributed by atoms with Crippen molar-refractivity contribution in [3.8, 4) is 0 Å². The fourth-order valence-electron chi connectivity index (χ4n) is 0. The molecule has 1 radical (unpaired) electrons. The maximum atomic E-state index is 9.39. The zero-order valence-electron chi connectivity index (χ0n) is 2.63. The molecule has 0 aromatic rings. The van der Waals surface area contributed by atoms with Gasteiger partial charge in [-0.2, -0.15) is 0 Å². The van der Waals surface area contributed by atoms with Gasteiger partial charge in [-0.25, -0.2) is 4.21 Å². The Hall–Kier alpha value is 0.0700. The summed E-state index contributed by atoms with van der Waals surface area (Å²) in [5, 5.41) is 8.83. The molecule has 0 saturated carbocycles. The topological polar surface area (TPSA) is 46.2 Å². The summed E-state index contributed by atoms with van der Waals surface area (Å²) < 4.78 is 12.4. The van der Waals surface area contributed by atoms with Crippen LogP contribution in [-0.4, -0.2) is 10.5 Å². The third-order valence-electron chi connectivity index (χ3n) is 0.0958. The molecule has 0 N–H and O–H groups in total. The lowest BCUT2D eigenvalue weighted by Gasteiger charge is -1.71. The molecule has 0 fully saturated rings. The first-order chi connectivity index (χ1) is 2.27. The van der Waals surface area contributed by atoms with Gasteiger partial charge in [0, 0.05) is 6.26 Å². The van der Waals surface area contributed by atoms with Crippen LogP contribution in [0.5, 0.6) is 0 Å². The lowest BCUT2D eigenvalue weighted by atomic mass is 12.0. The van der Waals surface area contributed by atoms with E-state index < -0.39 is 11.1 Å². The van der Waals surface area contributed by atoms with Gasteiger partial charge in [0.1, 0.15) is 0 Å². The Bertz CT molecular complexity index is 42.2. The van der Waals surface area contributed by atoms with Crippen molar-refractivity contribution in [1.29, 1.82) is 0 Å². The first-order valence-corrected chi connectivity index (χ1v) is 2.39. The minimum atomic E-state index is -1.63. The fourth-order valence-corrected chi connectivity index (χ4v) is 0. The first-order valence-electron chi connectivity index (χ1n) is 0.908. The van der Waals surface area contributed by atoms with E-state index in [4.69, 9.17) is 5.26 Å². The highest BCUT2D eigenvalue weighted by molar-refractivity contribution is 7.79. The van der Waals surface area contributed by atoms with Gasteiger partial charge in [0.05, 0.1) is 0 Å². The van der Waals surface area contributed by atoms with Gasteiger partial charge in [-0.1, -0.05) is 4.33 Å². The quantitative estimate of drug-likeness (QED) is 0.330. The van der Waals surface area contributed by atoms with Crippen LogP contribution in [0.1, 0.15) is 0 Å². The van der Waals surface area contributed by atoms with E-state index in [1.165, 1.54) is 0 Å². The van der Waals surface area contributed by atoms with E-state index in [0.29, 0.717) is 0 Å². The Kier molecular flexibility index (Phi) is 2.35. The third-order valence-corrected chi connectivity index (χ3v) is 0.287. The molecular weight excluding hydrogens is 92.1 g/mol. The molecule has 0 bridgehead atoms. The molecule has 0 aliphatic heterocycles. The smallest absolute Gasteiger partial charge is 0.187 e. The second kappa shape index (κ2) is 2.32. The number of rotatable bonds is 1. The SMILES string of the molecule is CS(=O)O[O]. The number of hydrogen-bond acceptors (Lipinski definition) is 2. The zero-order valence-corrected chi connectivity index (χ0v) is 3.45. The fraction of sp³-hybridized carbons (Fsp3) is 1.00. The van der Waals surface area contributed by atoms with Crippen LogP contribution in [-0.2, 0) is 20.7 Å². The average Bonchev–Trinajstić information content (AvgIpc) is 1.38. The molecule has 0 saturated heterocycles. The maximum absolute atomic E-state index is 9.39. The minimum absolute atomic E-state index is 1.16. The van der Waals surface area contributed by atoms with Gasteiger partial charge in [0.15, 0.2) is 11.1 Å². The molecule has 5 heavy (non-hydrogen) atoms. The van der Waals surface area contributed by atoms with Crippen LogP contribution in [0.3, 0.4) is 0 Å². The molecule has 4 heteroatoms. The minimum Gasteiger partial charge on any atom is -0.227 e. The van der Waals surface area contributed by atoms with E-state index in [1.54, 1.807) is 0 Å². The molecule has 1 unspecified atom stereocenters. The van der Waals surface area contributed by atoms with E-state index in [9.17, 15) is 4.21 Å². The molecule has 0 aliphatic rings. The molecule has 0 aromatic heterocycles. The highest BCUT2D eigenvalue weighted by Crippen LogP contribution is 1.65. The highest BCUT2D eigenvalue weighted by atomic mass is 32.2. The summed E-state index contributed by atoms with van der Waals surface area (Å²) >= 11 is -1.63. The molecule has 0 aliphatic carbocycles. The Morgan fingerprint density at radius 1 is 1.80 bits per heavy atom. The second-order valence-corrected chi connectivity index (χ2v) is 1.41. The van der Waals surface area contributed by atoms with Gasteiger partial charge in [0.2, 0.25) is 0 Å². The van der Waals surface area contributed by atoms with Crippen molar-refractivity contribution in [3.63, 3.8) is 0 Å². The average molecular weight is 95.1 g/mol. The van der Waals surface area contributed by atoms with Gasteiger partial charge in [-0.15, -0.1) is 0 Å². The lowest BCUT2D eigenvalue weighted by molar-refractivity contribution is -0.196. The summed E-state index contributed by atoms with van der Waals surface area (Å²) in [5.74, 6) is 0. The summed E-state index contributed by atoms with van der Waals surface area (Å²) in [6, 6.07) is 0. The Labute approximate surface area is 32.2 Å². The van der Waals surface area contributed by atoms with Crippen LogP contribution in [0, 0.1) is 0 Å². The van der Waals surface area contributed by atoms with Crippen LogP contribution < -0.4 is 0 Å². The highest BCUT2D eigenvalue weighted by Gasteiger charge is 1.78. The van der Waals surface area contributed by atoms with E-state index in [0.717, 1.165) is 6.26 Å². The number of hydrogen-bond donors (Lipinski definition) is 0. The normalized spacial score (nSPS) is 14.8. The van der Waals surface area contributed by atoms with Crippen molar-refractivity contribution in [2.24, 2.45) is 0 Å². The zero-order chi connectivity index (χ0) is 4.28. The third kappa shape index (κ3) is 4.07.